The number of carbonyl (C=O) groups excluding carboxylic acids is 1. The van der Waals surface area contributed by atoms with Crippen LogP contribution in [0.15, 0.2) is 48.7 Å². The number of carbonyl (C=O) groups is 1. The van der Waals surface area contributed by atoms with Crippen molar-refractivity contribution in [3.05, 3.63) is 71.4 Å². The van der Waals surface area contributed by atoms with Gasteiger partial charge >= 0.3 is 6.01 Å². The average molecular weight is 518 g/mol. The summed E-state index contributed by atoms with van der Waals surface area (Å²) >= 11 is 0. The van der Waals surface area contributed by atoms with Crippen LogP contribution in [0.1, 0.15) is 47.7 Å². The predicted octanol–water partition coefficient (Wildman–Crippen LogP) is 4.56. The maximum absolute atomic E-state index is 14.0. The molecule has 10 nitrogen and oxygen atoms in total. The summed E-state index contributed by atoms with van der Waals surface area (Å²) < 4.78 is 37.6. The lowest BCUT2D eigenvalue weighted by atomic mass is 10.0. The number of hydrogen-bond acceptors (Lipinski definition) is 8. The van der Waals surface area contributed by atoms with Crippen LogP contribution in [0.4, 0.5) is 10.1 Å². The van der Waals surface area contributed by atoms with Crippen LogP contribution in [0, 0.1) is 5.82 Å². The largest absolute Gasteiger partial charge is 0.480 e. The highest BCUT2D eigenvalue weighted by Gasteiger charge is 2.45. The van der Waals surface area contributed by atoms with Crippen LogP contribution < -0.4 is 23.8 Å². The fraction of sp³-hybridized carbons (Fsp3) is 0.259. The van der Waals surface area contributed by atoms with Crippen molar-refractivity contribution in [2.24, 2.45) is 0 Å². The predicted molar refractivity (Wildman–Crippen MR) is 134 cm³/mol. The van der Waals surface area contributed by atoms with Gasteiger partial charge in [-0.05, 0) is 43.7 Å². The van der Waals surface area contributed by atoms with Crippen molar-refractivity contribution in [2.75, 3.05) is 25.9 Å². The first-order valence-electron chi connectivity index (χ1n) is 12.0. The molecule has 0 fully saturated rings. The van der Waals surface area contributed by atoms with E-state index >= 15 is 0 Å². The van der Waals surface area contributed by atoms with Crippen molar-refractivity contribution < 1.29 is 28.1 Å². The van der Waals surface area contributed by atoms with Crippen LogP contribution in [0.2, 0.25) is 0 Å². The third-order valence-corrected chi connectivity index (χ3v) is 6.57. The van der Waals surface area contributed by atoms with E-state index in [-0.39, 0.29) is 42.1 Å². The Kier molecular flexibility index (Phi) is 5.63. The molecule has 2 aliphatic heterocycles. The number of methoxy groups -OCH3 is 2. The second kappa shape index (κ2) is 9.02. The molecule has 2 aromatic heterocycles. The monoisotopic (exact) mass is 517 g/mol. The Morgan fingerprint density at radius 1 is 1.03 bits per heavy atom. The van der Waals surface area contributed by atoms with Gasteiger partial charge in [0, 0.05) is 24.0 Å². The molecule has 0 aliphatic carbocycles. The number of hydrogen-bond donors (Lipinski definition) is 0. The van der Waals surface area contributed by atoms with Gasteiger partial charge in [-0.15, -0.1) is 0 Å². The van der Waals surface area contributed by atoms with E-state index in [1.54, 1.807) is 41.4 Å². The Morgan fingerprint density at radius 2 is 1.79 bits per heavy atom. The molecule has 0 radical (unpaired) electrons. The Morgan fingerprint density at radius 3 is 2.50 bits per heavy atom. The highest BCUT2D eigenvalue weighted by atomic mass is 19.1. The fourth-order valence-corrected chi connectivity index (χ4v) is 4.94. The summed E-state index contributed by atoms with van der Waals surface area (Å²) in [7, 11) is 2.96. The molecule has 38 heavy (non-hydrogen) atoms. The summed E-state index contributed by atoms with van der Waals surface area (Å²) in [6.45, 7) is 4.11. The number of imidazole rings is 1. The van der Waals surface area contributed by atoms with Gasteiger partial charge in [0.05, 0.1) is 25.5 Å². The highest BCUT2D eigenvalue weighted by molar-refractivity contribution is 6.10. The van der Waals surface area contributed by atoms with Crippen molar-refractivity contribution in [2.45, 2.75) is 25.9 Å². The molecule has 1 amide bonds. The highest BCUT2D eigenvalue weighted by Crippen LogP contribution is 2.47. The Bertz CT molecular complexity index is 1550. The molecule has 1 atom stereocenters. The number of rotatable bonds is 6. The quantitative estimate of drug-likeness (QED) is 0.367. The topological polar surface area (TPSA) is 101 Å². The number of anilines is 1. The molecule has 4 heterocycles. The zero-order chi connectivity index (χ0) is 26.6. The molecular formula is C27H24FN5O5. The van der Waals surface area contributed by atoms with Crippen molar-refractivity contribution >= 4 is 11.6 Å². The lowest BCUT2D eigenvalue weighted by molar-refractivity contribution is 0.0989. The van der Waals surface area contributed by atoms with Crippen molar-refractivity contribution in [3.63, 3.8) is 0 Å². The van der Waals surface area contributed by atoms with Crippen molar-refractivity contribution in [1.29, 1.82) is 0 Å². The summed E-state index contributed by atoms with van der Waals surface area (Å²) in [5.41, 5.74) is 2.79. The van der Waals surface area contributed by atoms with Gasteiger partial charge < -0.3 is 23.5 Å². The fourth-order valence-electron chi connectivity index (χ4n) is 4.94. The van der Waals surface area contributed by atoms with Crippen molar-refractivity contribution in [1.82, 2.24) is 19.5 Å². The van der Waals surface area contributed by atoms with Crippen LogP contribution >= 0.6 is 0 Å². The van der Waals surface area contributed by atoms with Gasteiger partial charge in [-0.3, -0.25) is 9.69 Å². The first-order chi connectivity index (χ1) is 18.4. The molecule has 0 bridgehead atoms. The third-order valence-electron chi connectivity index (χ3n) is 6.57. The molecule has 2 aliphatic rings. The summed E-state index contributed by atoms with van der Waals surface area (Å²) in [5.74, 6) is 1.23. The maximum atomic E-state index is 14.0. The second-order valence-corrected chi connectivity index (χ2v) is 9.08. The van der Waals surface area contributed by atoms with Gasteiger partial charge in [-0.1, -0.05) is 12.1 Å². The minimum atomic E-state index is -0.590. The van der Waals surface area contributed by atoms with E-state index in [0.29, 0.717) is 34.3 Å². The summed E-state index contributed by atoms with van der Waals surface area (Å²) in [6, 6.07) is 10.9. The van der Waals surface area contributed by atoms with Crippen LogP contribution in [0.5, 0.6) is 23.4 Å². The Balaban J connectivity index is 1.57. The SMILES string of the molecule is COc1ncc(-c2nc3c(n2C(C)C)C(c2ccc(F)cc2)N(c2ccc4c(c2)OCO4)C3=O)c(OC)n1. The number of halogens is 1. The molecule has 0 N–H and O–H groups in total. The minimum absolute atomic E-state index is 0.111. The van der Waals surface area contributed by atoms with E-state index in [4.69, 9.17) is 23.9 Å². The van der Waals surface area contributed by atoms with Crippen LogP contribution in [0.3, 0.4) is 0 Å². The lowest BCUT2D eigenvalue weighted by Gasteiger charge is -2.28. The molecule has 0 saturated heterocycles. The van der Waals surface area contributed by atoms with Gasteiger partial charge in [0.1, 0.15) is 17.7 Å². The molecule has 2 aromatic carbocycles. The van der Waals surface area contributed by atoms with E-state index < -0.39 is 6.04 Å². The molecule has 11 heteroatoms. The third kappa shape index (κ3) is 3.61. The van der Waals surface area contributed by atoms with Gasteiger partial charge in [0.25, 0.3) is 5.91 Å². The Hall–Kier alpha value is -4.67. The smallest absolute Gasteiger partial charge is 0.319 e. The van der Waals surface area contributed by atoms with Gasteiger partial charge in [0.15, 0.2) is 17.2 Å². The molecule has 1 unspecified atom stereocenters. The number of amides is 1. The standard InChI is InChI=1S/C27H24FN5O5/c1-14(2)32-23-21(30-24(32)18-12-29-27(36-4)31-25(18)35-3)26(34)33(22(23)15-5-7-16(28)8-6-15)17-9-10-19-20(11-17)38-13-37-19/h5-12,14,22H,13H2,1-4H3. The minimum Gasteiger partial charge on any atom is -0.480 e. The van der Waals surface area contributed by atoms with Gasteiger partial charge in [-0.2, -0.15) is 4.98 Å². The molecular weight excluding hydrogens is 493 g/mol. The van der Waals surface area contributed by atoms with Gasteiger partial charge in [0.2, 0.25) is 12.7 Å². The molecule has 194 valence electrons. The maximum Gasteiger partial charge on any atom is 0.319 e. The average Bonchev–Trinajstić information content (AvgIpc) is 3.62. The van der Waals surface area contributed by atoms with E-state index in [1.807, 2.05) is 18.4 Å². The Labute approximate surface area is 217 Å². The number of fused-ring (bicyclic) bond motifs is 2. The zero-order valence-corrected chi connectivity index (χ0v) is 21.1. The lowest BCUT2D eigenvalue weighted by Crippen LogP contribution is -2.30. The first-order valence-corrected chi connectivity index (χ1v) is 12.0. The summed E-state index contributed by atoms with van der Waals surface area (Å²) in [6.07, 6.45) is 1.56. The first kappa shape index (κ1) is 23.7. The summed E-state index contributed by atoms with van der Waals surface area (Å²) in [4.78, 5) is 29.0. The number of benzene rings is 2. The molecule has 0 saturated carbocycles. The normalized spacial score (nSPS) is 15.8. The number of ether oxygens (including phenoxy) is 4. The molecule has 0 spiro atoms. The zero-order valence-electron chi connectivity index (χ0n) is 21.1. The van der Waals surface area contributed by atoms with Gasteiger partial charge in [-0.25, -0.2) is 14.4 Å². The molecule has 4 aromatic rings. The van der Waals surface area contributed by atoms with Crippen LogP contribution in [-0.4, -0.2) is 46.4 Å². The molecule has 6 rings (SSSR count). The van der Waals surface area contributed by atoms with Crippen LogP contribution in [0.25, 0.3) is 11.4 Å². The van der Waals surface area contributed by atoms with E-state index in [1.165, 1.54) is 26.4 Å². The van der Waals surface area contributed by atoms with E-state index in [9.17, 15) is 9.18 Å². The van der Waals surface area contributed by atoms with Crippen LogP contribution in [-0.2, 0) is 0 Å². The summed E-state index contributed by atoms with van der Waals surface area (Å²) in [5, 5.41) is 0. The van der Waals surface area contributed by atoms with Crippen molar-refractivity contribution in [3.8, 4) is 34.8 Å². The number of nitrogens with zero attached hydrogens (tertiary/aromatic N) is 5. The van der Waals surface area contributed by atoms with E-state index in [2.05, 4.69) is 9.97 Å². The number of aromatic nitrogens is 4. The van der Waals surface area contributed by atoms with E-state index in [0.717, 1.165) is 5.56 Å². The second-order valence-electron chi connectivity index (χ2n) is 9.08.